The number of benzene rings is 1. The highest BCUT2D eigenvalue weighted by Crippen LogP contribution is 2.69. The van der Waals surface area contributed by atoms with Gasteiger partial charge in [0.2, 0.25) is 17.5 Å². The topological polar surface area (TPSA) is 116 Å². The highest BCUT2D eigenvalue weighted by atomic mass is 16.5. The Kier molecular flexibility index (Phi) is 4.64. The first kappa shape index (κ1) is 20.7. The molecule has 2 saturated carbocycles. The molecule has 3 rings (SSSR count). The van der Waals surface area contributed by atoms with Gasteiger partial charge in [-0.2, -0.15) is 0 Å². The first-order valence-electron chi connectivity index (χ1n) is 9.18. The van der Waals surface area contributed by atoms with Crippen molar-refractivity contribution >= 4 is 35.1 Å². The van der Waals surface area contributed by atoms with E-state index in [-0.39, 0.29) is 23.2 Å². The molecule has 1 aromatic carbocycles. The van der Waals surface area contributed by atoms with Gasteiger partial charge in [0.15, 0.2) is 0 Å². The van der Waals surface area contributed by atoms with Crippen LogP contribution in [-0.4, -0.2) is 43.6 Å². The summed E-state index contributed by atoms with van der Waals surface area (Å²) in [6, 6.07) is 3.97. The molecule has 0 heterocycles. The van der Waals surface area contributed by atoms with Crippen LogP contribution in [0.5, 0.6) is 0 Å². The normalized spacial score (nSPS) is 26.9. The van der Waals surface area contributed by atoms with E-state index in [1.165, 1.54) is 32.4 Å². The molecular weight excluding hydrogens is 378 g/mol. The average Bonchev–Trinajstić information content (AvgIpc) is 2.97. The van der Waals surface area contributed by atoms with Crippen molar-refractivity contribution < 1.29 is 33.4 Å². The zero-order chi connectivity index (χ0) is 21.8. The quantitative estimate of drug-likeness (QED) is 0.467. The van der Waals surface area contributed by atoms with Gasteiger partial charge >= 0.3 is 11.9 Å². The lowest BCUT2D eigenvalue weighted by Gasteiger charge is -2.37. The van der Waals surface area contributed by atoms with E-state index in [0.29, 0.717) is 6.42 Å². The minimum absolute atomic E-state index is 0.0348. The third-order valence-corrected chi connectivity index (χ3v) is 6.96. The van der Waals surface area contributed by atoms with Crippen molar-refractivity contribution in [2.24, 2.45) is 16.2 Å². The molecule has 154 valence electrons. The van der Waals surface area contributed by atoms with Crippen LogP contribution in [0.25, 0.3) is 0 Å². The van der Waals surface area contributed by atoms with E-state index in [9.17, 15) is 24.0 Å². The number of ketones is 2. The molecule has 1 amide bonds. The molecule has 2 fully saturated rings. The highest BCUT2D eigenvalue weighted by Gasteiger charge is 2.77. The first-order valence-corrected chi connectivity index (χ1v) is 9.18. The third-order valence-electron chi connectivity index (χ3n) is 6.96. The third kappa shape index (κ3) is 2.54. The Morgan fingerprint density at radius 3 is 1.79 bits per heavy atom. The largest absolute Gasteiger partial charge is 0.465 e. The molecule has 0 aromatic heterocycles. The molecular formula is C21H23NO7. The fourth-order valence-corrected chi connectivity index (χ4v) is 4.68. The molecule has 1 aromatic rings. The van der Waals surface area contributed by atoms with Gasteiger partial charge in [-0.05, 0) is 36.5 Å². The number of Topliss-reactive ketones (excluding diaryl/α,β-unsaturated/α-hetero) is 2. The van der Waals surface area contributed by atoms with Crippen LogP contribution in [0.2, 0.25) is 0 Å². The van der Waals surface area contributed by atoms with Crippen molar-refractivity contribution in [3.8, 4) is 0 Å². The van der Waals surface area contributed by atoms with Gasteiger partial charge in [-0.15, -0.1) is 0 Å². The maximum atomic E-state index is 13.3. The van der Waals surface area contributed by atoms with Crippen molar-refractivity contribution in [2.75, 3.05) is 19.5 Å². The van der Waals surface area contributed by atoms with Crippen LogP contribution in [0, 0.1) is 16.2 Å². The Bertz CT molecular complexity index is 930. The second-order valence-electron chi connectivity index (χ2n) is 8.26. The number of amides is 1. The standard InChI is InChI=1S/C21H23NO7/c1-19(2)20(3)6-7-21(19,15(24)14(20)23)18(27)22-13-9-11(16(25)28-4)8-12(10-13)17(26)29-5/h8-10H,6-7H2,1-5H3,(H,22,27). The summed E-state index contributed by atoms with van der Waals surface area (Å²) >= 11 is 0. The molecule has 0 radical (unpaired) electrons. The predicted octanol–water partition coefficient (Wildman–Crippen LogP) is 2.16. The lowest BCUT2D eigenvalue weighted by Crippen LogP contribution is -2.47. The van der Waals surface area contributed by atoms with E-state index in [2.05, 4.69) is 14.8 Å². The average molecular weight is 401 g/mol. The zero-order valence-electron chi connectivity index (χ0n) is 17.0. The van der Waals surface area contributed by atoms with Gasteiger partial charge in [-0.1, -0.05) is 20.8 Å². The Morgan fingerprint density at radius 2 is 1.38 bits per heavy atom. The predicted molar refractivity (Wildman–Crippen MR) is 101 cm³/mol. The number of rotatable bonds is 4. The second kappa shape index (κ2) is 6.50. The Morgan fingerprint density at radius 1 is 0.862 bits per heavy atom. The number of nitrogens with one attached hydrogen (secondary N) is 1. The summed E-state index contributed by atoms with van der Waals surface area (Å²) in [5.74, 6) is -3.25. The molecule has 2 atom stereocenters. The van der Waals surface area contributed by atoms with E-state index >= 15 is 0 Å². The van der Waals surface area contributed by atoms with E-state index < -0.39 is 45.7 Å². The van der Waals surface area contributed by atoms with Gasteiger partial charge < -0.3 is 14.8 Å². The smallest absolute Gasteiger partial charge is 0.337 e. The number of hydrogen-bond donors (Lipinski definition) is 1. The number of ether oxygens (including phenoxy) is 2. The summed E-state index contributed by atoms with van der Waals surface area (Å²) in [5.41, 5.74) is -3.06. The van der Waals surface area contributed by atoms with Gasteiger partial charge in [-0.25, -0.2) is 9.59 Å². The molecule has 2 aliphatic carbocycles. The van der Waals surface area contributed by atoms with E-state index in [0.717, 1.165) is 0 Å². The Labute approximate surface area is 167 Å². The molecule has 8 nitrogen and oxygen atoms in total. The minimum atomic E-state index is -1.49. The minimum Gasteiger partial charge on any atom is -0.465 e. The molecule has 0 aliphatic heterocycles. The maximum absolute atomic E-state index is 13.3. The number of carbonyl (C=O) groups is 5. The summed E-state index contributed by atoms with van der Waals surface area (Å²) < 4.78 is 9.37. The molecule has 0 spiro atoms. The second-order valence-corrected chi connectivity index (χ2v) is 8.26. The fourth-order valence-electron chi connectivity index (χ4n) is 4.68. The maximum Gasteiger partial charge on any atom is 0.337 e. The SMILES string of the molecule is COC(=O)c1cc(NC(=O)C23CCC(C)(C(=O)C2=O)C3(C)C)cc(C(=O)OC)c1. The summed E-state index contributed by atoms with van der Waals surface area (Å²) in [5, 5.41) is 2.64. The van der Waals surface area contributed by atoms with Crippen molar-refractivity contribution in [3.63, 3.8) is 0 Å². The van der Waals surface area contributed by atoms with Gasteiger partial charge in [-0.3, -0.25) is 14.4 Å². The molecule has 0 saturated heterocycles. The number of methoxy groups -OCH3 is 2. The fraction of sp³-hybridized carbons (Fsp3) is 0.476. The van der Waals surface area contributed by atoms with Crippen LogP contribution in [0.1, 0.15) is 54.3 Å². The van der Waals surface area contributed by atoms with Gasteiger partial charge in [0.05, 0.1) is 25.3 Å². The van der Waals surface area contributed by atoms with Crippen LogP contribution in [0.15, 0.2) is 18.2 Å². The van der Waals surface area contributed by atoms with Crippen molar-refractivity contribution in [1.82, 2.24) is 0 Å². The number of anilines is 1. The van der Waals surface area contributed by atoms with Gasteiger partial charge in [0.25, 0.3) is 0 Å². The lowest BCUT2D eigenvalue weighted by molar-refractivity contribution is -0.147. The van der Waals surface area contributed by atoms with Crippen molar-refractivity contribution in [3.05, 3.63) is 29.3 Å². The van der Waals surface area contributed by atoms with Gasteiger partial charge in [0, 0.05) is 11.1 Å². The molecule has 2 bridgehead atoms. The number of esters is 2. The highest BCUT2D eigenvalue weighted by molar-refractivity contribution is 6.49. The van der Waals surface area contributed by atoms with Crippen LogP contribution < -0.4 is 5.32 Å². The van der Waals surface area contributed by atoms with Gasteiger partial charge in [0.1, 0.15) is 5.41 Å². The van der Waals surface area contributed by atoms with Crippen LogP contribution in [-0.2, 0) is 23.9 Å². The lowest BCUT2D eigenvalue weighted by atomic mass is 9.64. The summed E-state index contributed by atoms with van der Waals surface area (Å²) in [4.78, 5) is 62.6. The first-order chi connectivity index (χ1) is 13.5. The monoisotopic (exact) mass is 401 g/mol. The molecule has 29 heavy (non-hydrogen) atoms. The summed E-state index contributed by atoms with van der Waals surface area (Å²) in [6.07, 6.45) is 0.695. The summed E-state index contributed by atoms with van der Waals surface area (Å²) in [7, 11) is 2.38. The van der Waals surface area contributed by atoms with E-state index in [1.807, 2.05) is 0 Å². The van der Waals surface area contributed by atoms with Crippen molar-refractivity contribution in [1.29, 1.82) is 0 Å². The van der Waals surface area contributed by atoms with E-state index in [1.54, 1.807) is 20.8 Å². The van der Waals surface area contributed by atoms with Crippen LogP contribution >= 0.6 is 0 Å². The summed E-state index contributed by atoms with van der Waals surface area (Å²) in [6.45, 7) is 5.24. The van der Waals surface area contributed by atoms with Crippen LogP contribution in [0.3, 0.4) is 0 Å². The molecule has 8 heteroatoms. The zero-order valence-corrected chi connectivity index (χ0v) is 17.0. The van der Waals surface area contributed by atoms with E-state index in [4.69, 9.17) is 0 Å². The van der Waals surface area contributed by atoms with Crippen LogP contribution in [0.4, 0.5) is 5.69 Å². The number of hydrogen-bond acceptors (Lipinski definition) is 7. The Hall–Kier alpha value is -3.03. The number of fused-ring (bicyclic) bond motifs is 2. The number of carbonyl (C=O) groups excluding carboxylic acids is 5. The molecule has 2 aliphatic rings. The molecule has 1 N–H and O–H groups in total. The molecule has 2 unspecified atom stereocenters. The van der Waals surface area contributed by atoms with Crippen molar-refractivity contribution in [2.45, 2.75) is 33.6 Å². The Balaban J connectivity index is 2.03.